The van der Waals surface area contributed by atoms with Crippen LogP contribution in [0.3, 0.4) is 0 Å². The molecule has 1 aromatic heterocycles. The van der Waals surface area contributed by atoms with Crippen LogP contribution in [0.1, 0.15) is 50.0 Å². The number of amides is 1. The Labute approximate surface area is 185 Å². The number of carbonyl (C=O) groups excluding carboxylic acids is 1. The molecular formula is C25H25BrN2O2. The number of furan rings is 1. The second-order valence-corrected chi connectivity index (χ2v) is 9.68. The third-order valence-corrected chi connectivity index (χ3v) is 5.93. The van der Waals surface area contributed by atoms with E-state index in [9.17, 15) is 4.79 Å². The van der Waals surface area contributed by atoms with E-state index >= 15 is 0 Å². The summed E-state index contributed by atoms with van der Waals surface area (Å²) in [7, 11) is 0. The lowest BCUT2D eigenvalue weighted by atomic mass is 9.86. The van der Waals surface area contributed by atoms with Crippen molar-refractivity contribution in [2.45, 2.75) is 38.5 Å². The molecule has 1 fully saturated rings. The molecule has 1 amide bonds. The van der Waals surface area contributed by atoms with Crippen LogP contribution in [0.15, 0.2) is 74.7 Å². The van der Waals surface area contributed by atoms with Crippen LogP contribution in [0.2, 0.25) is 0 Å². The van der Waals surface area contributed by atoms with Crippen molar-refractivity contribution in [3.63, 3.8) is 0 Å². The summed E-state index contributed by atoms with van der Waals surface area (Å²) >= 11 is 3.46. The molecule has 0 spiro atoms. The van der Waals surface area contributed by atoms with Gasteiger partial charge < -0.3 is 4.42 Å². The van der Waals surface area contributed by atoms with Crippen molar-refractivity contribution in [1.82, 2.24) is 5.43 Å². The van der Waals surface area contributed by atoms with Crippen molar-refractivity contribution in [1.29, 1.82) is 0 Å². The Morgan fingerprint density at radius 2 is 1.90 bits per heavy atom. The smallest absolute Gasteiger partial charge is 0.243 e. The van der Waals surface area contributed by atoms with Crippen LogP contribution < -0.4 is 5.43 Å². The minimum atomic E-state index is -0.0464. The van der Waals surface area contributed by atoms with E-state index in [0.29, 0.717) is 5.76 Å². The van der Waals surface area contributed by atoms with Crippen molar-refractivity contribution in [3.8, 4) is 11.3 Å². The SMILES string of the molecule is CC(C)(C)c1ccc([C@H]2C[C@@H]2C(=O)N/N=C/c2ccc(-c3cccc(Br)c3)o2)cc1. The fourth-order valence-corrected chi connectivity index (χ4v) is 3.94. The lowest BCUT2D eigenvalue weighted by Crippen LogP contribution is -2.20. The van der Waals surface area contributed by atoms with Crippen LogP contribution >= 0.6 is 15.9 Å². The molecule has 1 saturated carbocycles. The molecular weight excluding hydrogens is 440 g/mol. The summed E-state index contributed by atoms with van der Waals surface area (Å²) in [5, 5.41) is 4.07. The summed E-state index contributed by atoms with van der Waals surface area (Å²) in [6.45, 7) is 6.61. The van der Waals surface area contributed by atoms with E-state index in [1.54, 1.807) is 0 Å². The van der Waals surface area contributed by atoms with E-state index in [2.05, 4.69) is 71.5 Å². The number of rotatable bonds is 5. The van der Waals surface area contributed by atoms with Gasteiger partial charge in [-0.25, -0.2) is 5.43 Å². The predicted octanol–water partition coefficient (Wildman–Crippen LogP) is 6.26. The molecule has 3 aromatic rings. The minimum Gasteiger partial charge on any atom is -0.455 e. The molecule has 1 heterocycles. The summed E-state index contributed by atoms with van der Waals surface area (Å²) in [6.07, 6.45) is 2.40. The van der Waals surface area contributed by atoms with Gasteiger partial charge in [-0.05, 0) is 53.1 Å². The number of halogens is 1. The highest BCUT2D eigenvalue weighted by atomic mass is 79.9. The van der Waals surface area contributed by atoms with Gasteiger partial charge in [-0.1, -0.05) is 73.1 Å². The Bertz CT molecular complexity index is 1080. The Morgan fingerprint density at radius 1 is 1.13 bits per heavy atom. The van der Waals surface area contributed by atoms with E-state index in [1.165, 1.54) is 17.3 Å². The van der Waals surface area contributed by atoms with E-state index in [1.807, 2.05) is 36.4 Å². The van der Waals surface area contributed by atoms with Crippen molar-refractivity contribution < 1.29 is 9.21 Å². The van der Waals surface area contributed by atoms with Crippen LogP contribution in [-0.4, -0.2) is 12.1 Å². The predicted molar refractivity (Wildman–Crippen MR) is 124 cm³/mol. The highest BCUT2D eigenvalue weighted by Crippen LogP contribution is 2.47. The summed E-state index contributed by atoms with van der Waals surface area (Å²) in [4.78, 5) is 12.4. The first kappa shape index (κ1) is 20.6. The molecule has 0 unspecified atom stereocenters. The normalized spacial score (nSPS) is 18.5. The van der Waals surface area contributed by atoms with Crippen molar-refractivity contribution in [2.75, 3.05) is 0 Å². The van der Waals surface area contributed by atoms with Crippen molar-refractivity contribution in [2.24, 2.45) is 11.0 Å². The van der Waals surface area contributed by atoms with E-state index in [4.69, 9.17) is 4.42 Å². The van der Waals surface area contributed by atoms with E-state index < -0.39 is 0 Å². The highest BCUT2D eigenvalue weighted by molar-refractivity contribution is 9.10. The largest absolute Gasteiger partial charge is 0.455 e. The lowest BCUT2D eigenvalue weighted by molar-refractivity contribution is -0.122. The van der Waals surface area contributed by atoms with Crippen molar-refractivity contribution >= 4 is 28.1 Å². The molecule has 2 atom stereocenters. The molecule has 4 nitrogen and oxygen atoms in total. The van der Waals surface area contributed by atoms with Gasteiger partial charge in [0.05, 0.1) is 6.21 Å². The lowest BCUT2D eigenvalue weighted by Gasteiger charge is -2.19. The van der Waals surface area contributed by atoms with Crippen LogP contribution in [0, 0.1) is 5.92 Å². The molecule has 154 valence electrons. The van der Waals surface area contributed by atoms with Gasteiger partial charge in [-0.15, -0.1) is 0 Å². The molecule has 0 radical (unpaired) electrons. The quantitative estimate of drug-likeness (QED) is 0.357. The third kappa shape index (κ3) is 4.73. The summed E-state index contributed by atoms with van der Waals surface area (Å²) < 4.78 is 6.78. The van der Waals surface area contributed by atoms with Gasteiger partial charge in [0.15, 0.2) is 0 Å². The molecule has 5 heteroatoms. The number of hydrazone groups is 1. The van der Waals surface area contributed by atoms with Crippen LogP contribution in [0.25, 0.3) is 11.3 Å². The zero-order valence-corrected chi connectivity index (χ0v) is 18.9. The third-order valence-electron chi connectivity index (χ3n) is 5.43. The second-order valence-electron chi connectivity index (χ2n) is 8.77. The van der Waals surface area contributed by atoms with Gasteiger partial charge in [-0.3, -0.25) is 4.79 Å². The number of carbonyl (C=O) groups is 1. The number of nitrogens with one attached hydrogen (secondary N) is 1. The molecule has 1 aliphatic rings. The first-order valence-electron chi connectivity index (χ1n) is 10.1. The Hall–Kier alpha value is -2.66. The highest BCUT2D eigenvalue weighted by Gasteiger charge is 2.44. The van der Waals surface area contributed by atoms with Crippen LogP contribution in [-0.2, 0) is 10.2 Å². The van der Waals surface area contributed by atoms with E-state index in [0.717, 1.165) is 22.2 Å². The fourth-order valence-electron chi connectivity index (χ4n) is 3.55. The summed E-state index contributed by atoms with van der Waals surface area (Å²) in [6, 6.07) is 20.2. The summed E-state index contributed by atoms with van der Waals surface area (Å²) in [5.41, 5.74) is 6.29. The summed E-state index contributed by atoms with van der Waals surface area (Å²) in [5.74, 6) is 1.56. The maximum absolute atomic E-state index is 12.4. The van der Waals surface area contributed by atoms with Crippen LogP contribution in [0.5, 0.6) is 0 Å². The average molecular weight is 465 g/mol. The first-order chi connectivity index (χ1) is 14.3. The Morgan fingerprint density at radius 3 is 2.60 bits per heavy atom. The number of hydrogen-bond acceptors (Lipinski definition) is 3. The number of benzene rings is 2. The van der Waals surface area contributed by atoms with Gasteiger partial charge in [0, 0.05) is 16.0 Å². The molecule has 30 heavy (non-hydrogen) atoms. The molecule has 0 bridgehead atoms. The Balaban J connectivity index is 1.32. The molecule has 0 aliphatic heterocycles. The van der Waals surface area contributed by atoms with Crippen LogP contribution in [0.4, 0.5) is 0 Å². The molecule has 1 aliphatic carbocycles. The second kappa shape index (κ2) is 8.23. The van der Waals surface area contributed by atoms with E-state index in [-0.39, 0.29) is 23.2 Å². The van der Waals surface area contributed by atoms with Crippen molar-refractivity contribution in [3.05, 3.63) is 82.0 Å². The first-order valence-corrected chi connectivity index (χ1v) is 10.9. The zero-order valence-electron chi connectivity index (χ0n) is 17.4. The Kier molecular flexibility index (Phi) is 5.65. The fraction of sp³-hybridized carbons (Fsp3) is 0.280. The van der Waals surface area contributed by atoms with Gasteiger partial charge in [0.2, 0.25) is 5.91 Å². The molecule has 2 aromatic carbocycles. The molecule has 1 N–H and O–H groups in total. The topological polar surface area (TPSA) is 54.6 Å². The molecule has 0 saturated heterocycles. The zero-order chi connectivity index (χ0) is 21.3. The number of nitrogens with zero attached hydrogens (tertiary/aromatic N) is 1. The number of hydrogen-bond donors (Lipinski definition) is 1. The maximum Gasteiger partial charge on any atom is 0.243 e. The standard InChI is InChI=1S/C25H25BrN2O2/c1-25(2,3)18-9-7-16(8-10-18)21-14-22(21)24(29)28-27-15-20-11-12-23(30-20)17-5-4-6-19(26)13-17/h4-13,15,21-22H,14H2,1-3H3,(H,28,29)/b27-15+/t21-,22+/m1/s1. The van der Waals surface area contributed by atoms with Gasteiger partial charge in [-0.2, -0.15) is 5.10 Å². The minimum absolute atomic E-state index is 0.0172. The monoisotopic (exact) mass is 464 g/mol. The van der Waals surface area contributed by atoms with Gasteiger partial charge in [0.1, 0.15) is 11.5 Å². The van der Waals surface area contributed by atoms with Gasteiger partial charge >= 0.3 is 0 Å². The molecule has 4 rings (SSSR count). The van der Waals surface area contributed by atoms with Gasteiger partial charge in [0.25, 0.3) is 0 Å². The maximum atomic E-state index is 12.4. The average Bonchev–Trinajstić information content (AvgIpc) is 3.38.